The zero-order chi connectivity index (χ0) is 7.91. The van der Waals surface area contributed by atoms with E-state index in [1.54, 1.807) is 0 Å². The van der Waals surface area contributed by atoms with Crippen molar-refractivity contribution in [3.05, 3.63) is 0 Å². The molecule has 0 aromatic heterocycles. The van der Waals surface area contributed by atoms with Crippen LogP contribution in [0.1, 0.15) is 0 Å². The Hall–Kier alpha value is 0.160. The van der Waals surface area contributed by atoms with Gasteiger partial charge in [0, 0.05) is 6.38 Å². The molecule has 0 bridgehead atoms. The number of hydrogen-bond acceptors (Lipinski definition) is 4. The molecule has 0 saturated carbocycles. The zero-order valence-electron chi connectivity index (χ0n) is 5.42. The Labute approximate surface area is 60.0 Å². The van der Waals surface area contributed by atoms with E-state index >= 15 is 0 Å². The first-order valence-electron chi connectivity index (χ1n) is 1.86. The van der Waals surface area contributed by atoms with E-state index in [2.05, 4.69) is 20.0 Å². The van der Waals surface area contributed by atoms with Crippen molar-refractivity contribution in [3.63, 3.8) is 0 Å². The third kappa shape index (κ3) is 8.16. The highest BCUT2D eigenvalue weighted by molar-refractivity contribution is 7.81. The fourth-order valence-corrected chi connectivity index (χ4v) is 0.204. The quantitative estimate of drug-likeness (QED) is 0.571. The van der Waals surface area contributed by atoms with Crippen molar-refractivity contribution < 1.29 is 16.8 Å². The summed E-state index contributed by atoms with van der Waals surface area (Å²) in [5.74, 6) is 0. The summed E-state index contributed by atoms with van der Waals surface area (Å²) < 4.78 is 27.5. The van der Waals surface area contributed by atoms with E-state index in [0.717, 1.165) is 14.2 Å². The summed E-state index contributed by atoms with van der Waals surface area (Å²) in [6.07, 6.45) is 1.47. The van der Waals surface area contributed by atoms with Crippen LogP contribution in [0.5, 0.6) is 0 Å². The maximum absolute atomic E-state index is 9.92. The third-order valence-corrected chi connectivity index (χ3v) is 1.22. The van der Waals surface area contributed by atoms with Crippen molar-refractivity contribution in [2.24, 2.45) is 0 Å². The second-order valence-corrected chi connectivity index (χ2v) is 2.22. The average molecular weight is 177 g/mol. The van der Waals surface area contributed by atoms with Crippen LogP contribution in [0.25, 0.3) is 0 Å². The molecule has 58 valence electrons. The van der Waals surface area contributed by atoms with Gasteiger partial charge in [-0.15, -0.1) is 11.6 Å². The van der Waals surface area contributed by atoms with Gasteiger partial charge < -0.3 is 0 Å². The van der Waals surface area contributed by atoms with Gasteiger partial charge >= 0.3 is 10.4 Å². The van der Waals surface area contributed by atoms with Crippen molar-refractivity contribution in [1.82, 2.24) is 0 Å². The van der Waals surface area contributed by atoms with Crippen molar-refractivity contribution in [2.45, 2.75) is 0 Å². The lowest BCUT2D eigenvalue weighted by Gasteiger charge is -1.91. The van der Waals surface area contributed by atoms with Crippen molar-refractivity contribution in [1.29, 1.82) is 0 Å². The predicted octanol–water partition coefficient (Wildman–Crippen LogP) is 0.379. The van der Waals surface area contributed by atoms with Gasteiger partial charge in [0.05, 0.1) is 14.2 Å². The summed E-state index contributed by atoms with van der Waals surface area (Å²) in [4.78, 5) is 0. The molecule has 0 heterocycles. The van der Waals surface area contributed by atoms with Crippen LogP contribution in [0.4, 0.5) is 0 Å². The number of halogens is 1. The lowest BCUT2D eigenvalue weighted by Crippen LogP contribution is -2.02. The minimum Gasteiger partial charge on any atom is -0.252 e. The lowest BCUT2D eigenvalue weighted by molar-refractivity contribution is 0.286. The smallest absolute Gasteiger partial charge is 0.252 e. The molecular formula is C3H9ClO4S. The molecule has 0 saturated heterocycles. The molecule has 0 spiro atoms. The summed E-state index contributed by atoms with van der Waals surface area (Å²) in [5, 5.41) is 0. The molecule has 0 radical (unpaired) electrons. The van der Waals surface area contributed by atoms with Gasteiger partial charge in [-0.2, -0.15) is 8.42 Å². The maximum Gasteiger partial charge on any atom is 0.399 e. The molecule has 0 aromatic rings. The Bertz CT molecular complexity index is 119. The van der Waals surface area contributed by atoms with Crippen molar-refractivity contribution >= 4 is 22.0 Å². The van der Waals surface area contributed by atoms with E-state index in [1.165, 1.54) is 6.38 Å². The molecule has 0 unspecified atom stereocenters. The number of rotatable bonds is 2. The largest absolute Gasteiger partial charge is 0.399 e. The maximum atomic E-state index is 9.92. The molecule has 0 aliphatic rings. The van der Waals surface area contributed by atoms with Crippen LogP contribution < -0.4 is 0 Å². The van der Waals surface area contributed by atoms with Crippen LogP contribution >= 0.6 is 11.6 Å². The monoisotopic (exact) mass is 176 g/mol. The normalized spacial score (nSPS) is 9.78. The SMILES string of the molecule is CCl.COS(=O)(=O)OC. The van der Waals surface area contributed by atoms with E-state index in [4.69, 9.17) is 0 Å². The summed E-state index contributed by atoms with van der Waals surface area (Å²) in [5.41, 5.74) is 0. The molecule has 9 heavy (non-hydrogen) atoms. The van der Waals surface area contributed by atoms with Crippen LogP contribution in [0.2, 0.25) is 0 Å². The summed E-state index contributed by atoms with van der Waals surface area (Å²) in [6, 6.07) is 0. The molecular weight excluding hydrogens is 168 g/mol. The summed E-state index contributed by atoms with van der Waals surface area (Å²) in [7, 11) is -1.60. The molecule has 0 rings (SSSR count). The zero-order valence-corrected chi connectivity index (χ0v) is 6.99. The van der Waals surface area contributed by atoms with E-state index in [0.29, 0.717) is 0 Å². The highest BCUT2D eigenvalue weighted by Gasteiger charge is 2.01. The van der Waals surface area contributed by atoms with Crippen molar-refractivity contribution in [3.8, 4) is 0 Å². The Morgan fingerprint density at radius 3 is 1.33 bits per heavy atom. The molecule has 6 heteroatoms. The molecule has 0 N–H and O–H groups in total. The Morgan fingerprint density at radius 1 is 1.11 bits per heavy atom. The molecule has 0 aromatic carbocycles. The van der Waals surface area contributed by atoms with Gasteiger partial charge in [-0.05, 0) is 0 Å². The molecule has 4 nitrogen and oxygen atoms in total. The number of alkyl halides is 1. The van der Waals surface area contributed by atoms with Crippen LogP contribution in [0.3, 0.4) is 0 Å². The van der Waals surface area contributed by atoms with Crippen molar-refractivity contribution in [2.75, 3.05) is 20.6 Å². The third-order valence-electron chi connectivity index (χ3n) is 0.408. The molecule has 0 amide bonds. The van der Waals surface area contributed by atoms with E-state index < -0.39 is 10.4 Å². The standard InChI is InChI=1S/C2H6O4S.CH3Cl/c1-5-7(3,4)6-2;1-2/h1-2H3;1H3. The minimum atomic E-state index is -3.66. The second-order valence-electron chi connectivity index (χ2n) is 0.742. The van der Waals surface area contributed by atoms with Gasteiger partial charge in [0.1, 0.15) is 0 Å². The fourth-order valence-electron chi connectivity index (χ4n) is 0.0680. The second kappa shape index (κ2) is 6.28. The van der Waals surface area contributed by atoms with Gasteiger partial charge in [-0.1, -0.05) is 0 Å². The van der Waals surface area contributed by atoms with Crippen LogP contribution in [0.15, 0.2) is 0 Å². The highest BCUT2D eigenvalue weighted by Crippen LogP contribution is 1.85. The van der Waals surface area contributed by atoms with E-state index in [9.17, 15) is 8.42 Å². The summed E-state index contributed by atoms with van der Waals surface area (Å²) in [6.45, 7) is 0. The van der Waals surface area contributed by atoms with Crippen LogP contribution in [0, 0.1) is 0 Å². The van der Waals surface area contributed by atoms with Gasteiger partial charge in [0.15, 0.2) is 0 Å². The molecule has 0 atom stereocenters. The first-order valence-corrected chi connectivity index (χ1v) is 3.95. The molecule has 0 aliphatic carbocycles. The van der Waals surface area contributed by atoms with Gasteiger partial charge in [0.25, 0.3) is 0 Å². The molecule has 0 aliphatic heterocycles. The van der Waals surface area contributed by atoms with E-state index in [-0.39, 0.29) is 0 Å². The highest BCUT2D eigenvalue weighted by atomic mass is 35.5. The Kier molecular flexibility index (Phi) is 8.31. The van der Waals surface area contributed by atoms with E-state index in [1.807, 2.05) is 0 Å². The Balaban J connectivity index is 0. The average Bonchev–Trinajstić information content (AvgIpc) is 1.93. The number of hydrogen-bond donors (Lipinski definition) is 0. The fraction of sp³-hybridized carbons (Fsp3) is 1.00. The topological polar surface area (TPSA) is 52.6 Å². The Morgan fingerprint density at radius 2 is 1.33 bits per heavy atom. The summed E-state index contributed by atoms with van der Waals surface area (Å²) >= 11 is 4.64. The predicted molar refractivity (Wildman–Crippen MR) is 34.7 cm³/mol. The first-order chi connectivity index (χ1) is 4.12. The van der Waals surface area contributed by atoms with Gasteiger partial charge in [-0.3, -0.25) is 8.37 Å². The van der Waals surface area contributed by atoms with Crippen LogP contribution in [-0.4, -0.2) is 29.0 Å². The molecule has 0 fully saturated rings. The van der Waals surface area contributed by atoms with Gasteiger partial charge in [0.2, 0.25) is 0 Å². The first kappa shape index (κ1) is 11.9. The van der Waals surface area contributed by atoms with Crippen LogP contribution in [-0.2, 0) is 18.8 Å². The van der Waals surface area contributed by atoms with Gasteiger partial charge in [-0.25, -0.2) is 0 Å². The minimum absolute atomic E-state index is 1.03. The lowest BCUT2D eigenvalue weighted by atomic mass is 11.8.